The third-order valence-corrected chi connectivity index (χ3v) is 4.11. The number of halogens is 1. The number of thioether (sulfide) groups is 1. The molecule has 0 fully saturated rings. The number of nitro groups is 1. The predicted molar refractivity (Wildman–Crippen MR) is 71.1 cm³/mol. The molecule has 1 N–H and O–H groups in total. The molecule has 0 aliphatic rings. The Kier molecular flexibility index (Phi) is 5.43. The van der Waals surface area contributed by atoms with Crippen LogP contribution in [0.2, 0.25) is 5.02 Å². The van der Waals surface area contributed by atoms with Crippen molar-refractivity contribution < 1.29 is 14.8 Å². The number of hydrogen-bond acceptors (Lipinski definition) is 4. The molecule has 5 nitrogen and oxygen atoms in total. The van der Waals surface area contributed by atoms with Gasteiger partial charge in [0.05, 0.1) is 15.5 Å². The normalized spacial score (nSPS) is 12.1. The molecule has 0 aliphatic heterocycles. The van der Waals surface area contributed by atoms with Crippen molar-refractivity contribution in [3.63, 3.8) is 0 Å². The number of nitro benzene ring substituents is 1. The summed E-state index contributed by atoms with van der Waals surface area (Å²) in [5.74, 6) is -0.710. The van der Waals surface area contributed by atoms with Gasteiger partial charge in [0.2, 0.25) is 0 Å². The van der Waals surface area contributed by atoms with Gasteiger partial charge in [-0.25, -0.2) is 0 Å². The molecular formula is C11H12ClNO4S. The van der Waals surface area contributed by atoms with E-state index in [2.05, 4.69) is 0 Å². The first-order valence-corrected chi connectivity index (χ1v) is 6.66. The summed E-state index contributed by atoms with van der Waals surface area (Å²) in [7, 11) is 0. The maximum atomic E-state index is 10.9. The molecule has 0 amide bonds. The fourth-order valence-electron chi connectivity index (χ4n) is 1.41. The Morgan fingerprint density at radius 1 is 1.61 bits per heavy atom. The molecule has 0 spiro atoms. The molecule has 1 rings (SSSR count). The number of rotatable bonds is 6. The van der Waals surface area contributed by atoms with Gasteiger partial charge in [0.1, 0.15) is 5.25 Å². The van der Waals surface area contributed by atoms with E-state index < -0.39 is 16.1 Å². The Morgan fingerprint density at radius 3 is 2.78 bits per heavy atom. The van der Waals surface area contributed by atoms with Gasteiger partial charge in [-0.15, -0.1) is 11.8 Å². The van der Waals surface area contributed by atoms with Crippen molar-refractivity contribution >= 4 is 35.0 Å². The van der Waals surface area contributed by atoms with Gasteiger partial charge in [-0.05, 0) is 12.5 Å². The van der Waals surface area contributed by atoms with Crippen molar-refractivity contribution in [3.05, 3.63) is 38.9 Å². The van der Waals surface area contributed by atoms with Crippen LogP contribution in [0.15, 0.2) is 18.2 Å². The molecule has 0 saturated carbocycles. The zero-order valence-electron chi connectivity index (χ0n) is 9.63. The highest BCUT2D eigenvalue weighted by molar-refractivity contribution is 7.99. The molecule has 98 valence electrons. The van der Waals surface area contributed by atoms with Crippen molar-refractivity contribution in [2.45, 2.75) is 24.3 Å². The van der Waals surface area contributed by atoms with Crippen LogP contribution in [0.3, 0.4) is 0 Å². The average molecular weight is 290 g/mol. The summed E-state index contributed by atoms with van der Waals surface area (Å²) in [6.45, 7) is 1.76. The Morgan fingerprint density at radius 2 is 2.28 bits per heavy atom. The zero-order valence-corrected chi connectivity index (χ0v) is 11.2. The lowest BCUT2D eigenvalue weighted by Gasteiger charge is -2.10. The number of hydrogen-bond donors (Lipinski definition) is 1. The minimum absolute atomic E-state index is 0.0739. The van der Waals surface area contributed by atoms with Gasteiger partial charge in [0.15, 0.2) is 0 Å². The highest BCUT2D eigenvalue weighted by Crippen LogP contribution is 2.31. The lowest BCUT2D eigenvalue weighted by molar-refractivity contribution is -0.385. The summed E-state index contributed by atoms with van der Waals surface area (Å²) in [4.78, 5) is 21.2. The van der Waals surface area contributed by atoms with Crippen LogP contribution in [0.4, 0.5) is 5.69 Å². The fourth-order valence-corrected chi connectivity index (χ4v) is 2.77. The van der Waals surface area contributed by atoms with E-state index in [9.17, 15) is 14.9 Å². The monoisotopic (exact) mass is 289 g/mol. The van der Waals surface area contributed by atoms with Crippen LogP contribution in [0.5, 0.6) is 0 Å². The second kappa shape index (κ2) is 6.61. The first-order chi connectivity index (χ1) is 8.47. The van der Waals surface area contributed by atoms with Gasteiger partial charge in [-0.1, -0.05) is 24.6 Å². The average Bonchev–Trinajstić information content (AvgIpc) is 2.30. The molecule has 0 saturated heterocycles. The summed E-state index contributed by atoms with van der Waals surface area (Å²) >= 11 is 7.05. The molecular weight excluding hydrogens is 278 g/mol. The summed E-state index contributed by atoms with van der Waals surface area (Å²) in [5.41, 5.74) is 0.295. The number of carboxylic acids is 1. The quantitative estimate of drug-likeness (QED) is 0.641. The molecule has 1 unspecified atom stereocenters. The van der Waals surface area contributed by atoms with Crippen molar-refractivity contribution in [2.75, 3.05) is 0 Å². The van der Waals surface area contributed by atoms with E-state index in [1.807, 2.05) is 0 Å². The fraction of sp³-hybridized carbons (Fsp3) is 0.364. The second-order valence-electron chi connectivity index (χ2n) is 3.54. The molecule has 1 aromatic carbocycles. The minimum atomic E-state index is -0.919. The van der Waals surface area contributed by atoms with Gasteiger partial charge < -0.3 is 5.11 Å². The number of carbonyl (C=O) groups is 1. The highest BCUT2D eigenvalue weighted by Gasteiger charge is 2.21. The van der Waals surface area contributed by atoms with Crippen LogP contribution in [-0.2, 0) is 10.5 Å². The van der Waals surface area contributed by atoms with Crippen LogP contribution >= 0.6 is 23.4 Å². The second-order valence-corrected chi connectivity index (χ2v) is 5.14. The minimum Gasteiger partial charge on any atom is -0.480 e. The molecule has 0 radical (unpaired) electrons. The third-order valence-electron chi connectivity index (χ3n) is 2.37. The van der Waals surface area contributed by atoms with Crippen LogP contribution in [-0.4, -0.2) is 21.2 Å². The van der Waals surface area contributed by atoms with Gasteiger partial charge in [0.25, 0.3) is 5.69 Å². The standard InChI is InChI=1S/C11H12ClNO4S/c1-2-10(11(14)15)18-6-7-8(12)4-3-5-9(7)13(16)17/h3-5,10H,2,6H2,1H3,(H,14,15). The van der Waals surface area contributed by atoms with E-state index in [1.54, 1.807) is 13.0 Å². The van der Waals surface area contributed by atoms with Gasteiger partial charge in [-0.2, -0.15) is 0 Å². The number of nitrogens with zero attached hydrogens (tertiary/aromatic N) is 1. The van der Waals surface area contributed by atoms with Crippen LogP contribution in [0, 0.1) is 10.1 Å². The summed E-state index contributed by atoms with van der Waals surface area (Å²) in [5, 5.41) is 19.5. The van der Waals surface area contributed by atoms with E-state index >= 15 is 0 Å². The Balaban J connectivity index is 2.90. The summed E-state index contributed by atoms with van der Waals surface area (Å²) in [6.07, 6.45) is 0.457. The van der Waals surface area contributed by atoms with Crippen molar-refractivity contribution in [2.24, 2.45) is 0 Å². The molecule has 1 atom stereocenters. The summed E-state index contributed by atoms with van der Waals surface area (Å²) < 4.78 is 0. The molecule has 1 aromatic rings. The van der Waals surface area contributed by atoms with Gasteiger partial charge in [0, 0.05) is 11.8 Å². The largest absolute Gasteiger partial charge is 0.480 e. The maximum Gasteiger partial charge on any atom is 0.316 e. The smallest absolute Gasteiger partial charge is 0.316 e. The van der Waals surface area contributed by atoms with Crippen molar-refractivity contribution in [1.82, 2.24) is 0 Å². The number of aliphatic carboxylic acids is 1. The molecule has 0 heterocycles. The Bertz CT molecular complexity index is 466. The van der Waals surface area contributed by atoms with Crippen molar-refractivity contribution in [1.29, 1.82) is 0 Å². The highest BCUT2D eigenvalue weighted by atomic mass is 35.5. The van der Waals surface area contributed by atoms with Gasteiger partial charge >= 0.3 is 5.97 Å². The topological polar surface area (TPSA) is 80.4 Å². The van der Waals surface area contributed by atoms with Gasteiger partial charge in [-0.3, -0.25) is 14.9 Å². The first-order valence-electron chi connectivity index (χ1n) is 5.23. The predicted octanol–water partition coefficient (Wildman–Crippen LogP) is 3.34. The number of carboxylic acid groups (broad SMARTS) is 1. The lowest BCUT2D eigenvalue weighted by atomic mass is 10.2. The third kappa shape index (κ3) is 3.61. The SMILES string of the molecule is CCC(SCc1c(Cl)cccc1[N+](=O)[O-])C(=O)O. The van der Waals surface area contributed by atoms with E-state index in [0.717, 1.165) is 11.8 Å². The van der Waals surface area contributed by atoms with E-state index in [0.29, 0.717) is 12.0 Å². The zero-order chi connectivity index (χ0) is 13.7. The van der Waals surface area contributed by atoms with E-state index in [-0.39, 0.29) is 16.5 Å². The molecule has 18 heavy (non-hydrogen) atoms. The summed E-state index contributed by atoms with van der Waals surface area (Å²) in [6, 6.07) is 4.43. The molecule has 7 heteroatoms. The van der Waals surface area contributed by atoms with Crippen molar-refractivity contribution in [3.8, 4) is 0 Å². The first kappa shape index (κ1) is 14.8. The molecule has 0 bridgehead atoms. The Hall–Kier alpha value is -1.27. The van der Waals surface area contributed by atoms with E-state index in [4.69, 9.17) is 16.7 Å². The van der Waals surface area contributed by atoms with Crippen LogP contribution in [0.25, 0.3) is 0 Å². The van der Waals surface area contributed by atoms with E-state index in [1.165, 1.54) is 12.1 Å². The number of benzene rings is 1. The molecule has 0 aliphatic carbocycles. The molecule has 0 aromatic heterocycles. The maximum absolute atomic E-state index is 10.9. The van der Waals surface area contributed by atoms with Crippen LogP contribution in [0.1, 0.15) is 18.9 Å². The Labute approximate surface area is 113 Å². The van der Waals surface area contributed by atoms with Crippen LogP contribution < -0.4 is 0 Å². The lowest BCUT2D eigenvalue weighted by Crippen LogP contribution is -2.15.